The van der Waals surface area contributed by atoms with Crippen LogP contribution in [0.15, 0.2) is 4.42 Å². The fourth-order valence-corrected chi connectivity index (χ4v) is 1.23. The number of rotatable bonds is 6. The smallest absolute Gasteiger partial charge is 0.308 e. The number of hydrogen-bond acceptors (Lipinski definition) is 5. The molecular formula is C11H20N4O2. The molecule has 1 aromatic rings. The monoisotopic (exact) mass is 240 g/mol. The molecule has 0 bridgehead atoms. The van der Waals surface area contributed by atoms with E-state index < -0.39 is 0 Å². The lowest BCUT2D eigenvalue weighted by atomic mass is 10.2. The first-order chi connectivity index (χ1) is 8.00. The fourth-order valence-electron chi connectivity index (χ4n) is 1.23. The summed E-state index contributed by atoms with van der Waals surface area (Å²) in [5.41, 5.74) is 0. The van der Waals surface area contributed by atoms with Crippen molar-refractivity contribution < 1.29 is 9.21 Å². The Kier molecular flexibility index (Phi) is 5.09. The van der Waals surface area contributed by atoms with Crippen molar-refractivity contribution in [1.29, 1.82) is 0 Å². The molecule has 17 heavy (non-hydrogen) atoms. The van der Waals surface area contributed by atoms with Crippen LogP contribution in [0, 0.1) is 0 Å². The zero-order valence-electron chi connectivity index (χ0n) is 10.9. The second-order valence-electron chi connectivity index (χ2n) is 4.51. The van der Waals surface area contributed by atoms with Crippen LogP contribution in [-0.2, 0) is 0 Å². The molecule has 0 unspecified atom stereocenters. The molecule has 1 heterocycles. The lowest BCUT2D eigenvalue weighted by Gasteiger charge is -2.08. The van der Waals surface area contributed by atoms with Gasteiger partial charge in [-0.2, -0.15) is 0 Å². The first-order valence-corrected chi connectivity index (χ1v) is 5.77. The highest BCUT2D eigenvalue weighted by Gasteiger charge is 2.15. The topological polar surface area (TPSA) is 71.3 Å². The summed E-state index contributed by atoms with van der Waals surface area (Å²) in [7, 11) is 3.99. The van der Waals surface area contributed by atoms with Gasteiger partial charge in [-0.3, -0.25) is 4.79 Å². The molecule has 0 spiro atoms. The minimum atomic E-state index is -0.303. The van der Waals surface area contributed by atoms with Gasteiger partial charge < -0.3 is 14.6 Å². The summed E-state index contributed by atoms with van der Waals surface area (Å²) in [6, 6.07) is 0. The first kappa shape index (κ1) is 13.6. The molecule has 0 atom stereocenters. The maximum absolute atomic E-state index is 11.6. The van der Waals surface area contributed by atoms with E-state index in [1.54, 1.807) is 0 Å². The van der Waals surface area contributed by atoms with E-state index in [2.05, 4.69) is 20.4 Å². The lowest BCUT2D eigenvalue weighted by Crippen LogP contribution is -2.27. The Morgan fingerprint density at radius 1 is 1.41 bits per heavy atom. The van der Waals surface area contributed by atoms with Gasteiger partial charge in [0, 0.05) is 12.5 Å². The molecule has 1 amide bonds. The van der Waals surface area contributed by atoms with Crippen LogP contribution in [0.3, 0.4) is 0 Å². The van der Waals surface area contributed by atoms with Crippen LogP contribution >= 0.6 is 0 Å². The maximum atomic E-state index is 11.6. The highest BCUT2D eigenvalue weighted by Crippen LogP contribution is 2.11. The van der Waals surface area contributed by atoms with Gasteiger partial charge in [0.1, 0.15) is 0 Å². The van der Waals surface area contributed by atoms with E-state index in [0.717, 1.165) is 13.0 Å². The van der Waals surface area contributed by atoms with Crippen molar-refractivity contribution in [3.63, 3.8) is 0 Å². The fraction of sp³-hybridized carbons (Fsp3) is 0.727. The van der Waals surface area contributed by atoms with E-state index in [9.17, 15) is 4.79 Å². The normalized spacial score (nSPS) is 11.2. The van der Waals surface area contributed by atoms with Gasteiger partial charge in [0.05, 0.1) is 0 Å². The summed E-state index contributed by atoms with van der Waals surface area (Å²) in [4.78, 5) is 13.7. The second-order valence-corrected chi connectivity index (χ2v) is 4.51. The Morgan fingerprint density at radius 2 is 2.12 bits per heavy atom. The van der Waals surface area contributed by atoms with E-state index in [0.29, 0.717) is 12.4 Å². The van der Waals surface area contributed by atoms with Gasteiger partial charge in [0.15, 0.2) is 0 Å². The van der Waals surface area contributed by atoms with Crippen molar-refractivity contribution in [3.8, 4) is 0 Å². The average Bonchev–Trinajstić information content (AvgIpc) is 2.73. The van der Waals surface area contributed by atoms with Gasteiger partial charge in [0.2, 0.25) is 5.89 Å². The molecule has 0 aliphatic carbocycles. The molecule has 0 aliphatic rings. The van der Waals surface area contributed by atoms with Gasteiger partial charge in [0.25, 0.3) is 0 Å². The predicted molar refractivity (Wildman–Crippen MR) is 63.9 cm³/mol. The van der Waals surface area contributed by atoms with E-state index in [4.69, 9.17) is 4.42 Å². The van der Waals surface area contributed by atoms with Gasteiger partial charge in [-0.05, 0) is 27.1 Å². The Balaban J connectivity index is 2.36. The maximum Gasteiger partial charge on any atom is 0.308 e. The Labute approximate surface area is 101 Å². The van der Waals surface area contributed by atoms with Gasteiger partial charge in [-0.15, -0.1) is 10.2 Å². The average molecular weight is 240 g/mol. The van der Waals surface area contributed by atoms with Crippen molar-refractivity contribution in [2.24, 2.45) is 0 Å². The molecule has 0 saturated heterocycles. The number of aromatic nitrogens is 2. The molecule has 6 nitrogen and oxygen atoms in total. The molecule has 1 rings (SSSR count). The van der Waals surface area contributed by atoms with E-state index in [1.165, 1.54) is 0 Å². The van der Waals surface area contributed by atoms with E-state index in [1.807, 2.05) is 27.9 Å². The zero-order valence-corrected chi connectivity index (χ0v) is 10.9. The van der Waals surface area contributed by atoms with Gasteiger partial charge >= 0.3 is 11.8 Å². The molecule has 1 aromatic heterocycles. The van der Waals surface area contributed by atoms with Crippen LogP contribution in [0.2, 0.25) is 0 Å². The summed E-state index contributed by atoms with van der Waals surface area (Å²) < 4.78 is 5.24. The SMILES string of the molecule is CC(C)c1nnc(C(=O)NCCCN(C)C)o1. The van der Waals surface area contributed by atoms with Crippen molar-refractivity contribution in [2.45, 2.75) is 26.2 Å². The van der Waals surface area contributed by atoms with Crippen molar-refractivity contribution in [3.05, 3.63) is 11.8 Å². The summed E-state index contributed by atoms with van der Waals surface area (Å²) in [6.45, 7) is 5.41. The summed E-state index contributed by atoms with van der Waals surface area (Å²) >= 11 is 0. The predicted octanol–water partition coefficient (Wildman–Crippen LogP) is 0.875. The highest BCUT2D eigenvalue weighted by atomic mass is 16.4. The van der Waals surface area contributed by atoms with Gasteiger partial charge in [-0.1, -0.05) is 13.8 Å². The first-order valence-electron chi connectivity index (χ1n) is 5.77. The zero-order chi connectivity index (χ0) is 12.8. The number of carbonyl (C=O) groups excluding carboxylic acids is 1. The van der Waals surface area contributed by atoms with Crippen molar-refractivity contribution in [1.82, 2.24) is 20.4 Å². The molecule has 0 saturated carbocycles. The third-order valence-corrected chi connectivity index (χ3v) is 2.20. The minimum Gasteiger partial charge on any atom is -0.417 e. The largest absolute Gasteiger partial charge is 0.417 e. The second kappa shape index (κ2) is 6.34. The van der Waals surface area contributed by atoms with Crippen LogP contribution in [-0.4, -0.2) is 48.2 Å². The molecule has 0 aromatic carbocycles. The molecule has 96 valence electrons. The van der Waals surface area contributed by atoms with Crippen molar-refractivity contribution >= 4 is 5.91 Å². The van der Waals surface area contributed by atoms with Crippen LogP contribution in [0.4, 0.5) is 0 Å². The number of nitrogens with one attached hydrogen (secondary N) is 1. The molecule has 0 fully saturated rings. The number of nitrogens with zero attached hydrogens (tertiary/aromatic N) is 3. The van der Waals surface area contributed by atoms with E-state index in [-0.39, 0.29) is 17.7 Å². The van der Waals surface area contributed by atoms with Crippen LogP contribution in [0.5, 0.6) is 0 Å². The Hall–Kier alpha value is -1.43. The van der Waals surface area contributed by atoms with Crippen LogP contribution in [0.1, 0.15) is 42.8 Å². The molecule has 6 heteroatoms. The Morgan fingerprint density at radius 3 is 2.65 bits per heavy atom. The lowest BCUT2D eigenvalue weighted by molar-refractivity contribution is 0.0915. The quantitative estimate of drug-likeness (QED) is 0.747. The molecular weight excluding hydrogens is 220 g/mol. The van der Waals surface area contributed by atoms with Crippen LogP contribution < -0.4 is 5.32 Å². The standard InChI is InChI=1S/C11H20N4O2/c1-8(2)10-13-14-11(17-10)9(16)12-6-5-7-15(3)4/h8H,5-7H2,1-4H3,(H,12,16). The molecule has 0 aliphatic heterocycles. The summed E-state index contributed by atoms with van der Waals surface area (Å²) in [5.74, 6) is 0.364. The summed E-state index contributed by atoms with van der Waals surface area (Å²) in [5, 5.41) is 10.3. The molecule has 1 N–H and O–H groups in total. The number of amides is 1. The Bertz CT molecular complexity index is 360. The van der Waals surface area contributed by atoms with Crippen molar-refractivity contribution in [2.75, 3.05) is 27.2 Å². The van der Waals surface area contributed by atoms with Gasteiger partial charge in [-0.25, -0.2) is 0 Å². The van der Waals surface area contributed by atoms with Crippen LogP contribution in [0.25, 0.3) is 0 Å². The summed E-state index contributed by atoms with van der Waals surface area (Å²) in [6.07, 6.45) is 0.893. The molecule has 0 radical (unpaired) electrons. The number of carbonyl (C=O) groups is 1. The number of hydrogen-bond donors (Lipinski definition) is 1. The third kappa shape index (κ3) is 4.52. The minimum absolute atomic E-state index is 0.0403. The van der Waals surface area contributed by atoms with E-state index >= 15 is 0 Å². The third-order valence-electron chi connectivity index (χ3n) is 2.20. The highest BCUT2D eigenvalue weighted by molar-refractivity contribution is 5.89.